The molecule has 0 spiro atoms. The van der Waals surface area contributed by atoms with Crippen molar-refractivity contribution >= 4 is 36.0 Å². The molecule has 24 unspecified atom stereocenters. The monoisotopic (exact) mass is 1300 g/mol. The van der Waals surface area contributed by atoms with Crippen LogP contribution in [0.25, 0.3) is 12.2 Å². The molecule has 24 atom stereocenters. The highest BCUT2D eigenvalue weighted by molar-refractivity contribution is 5.90. The van der Waals surface area contributed by atoms with Gasteiger partial charge in [0.2, 0.25) is 5.79 Å². The van der Waals surface area contributed by atoms with Crippen LogP contribution in [0, 0.1) is 0 Å². The largest absolute Gasteiger partial charge is 0.508 e. The van der Waals surface area contributed by atoms with E-state index in [1.165, 1.54) is 86.0 Å². The highest BCUT2D eigenvalue weighted by atomic mass is 16.8. The van der Waals surface area contributed by atoms with Crippen molar-refractivity contribution in [2.24, 2.45) is 0 Å². The second-order valence-corrected chi connectivity index (χ2v) is 21.4. The second-order valence-electron chi connectivity index (χ2n) is 21.4. The maximum atomic E-state index is 14.3. The van der Waals surface area contributed by atoms with Gasteiger partial charge in [-0.05, 0) is 59.7 Å². The summed E-state index contributed by atoms with van der Waals surface area (Å²) < 4.78 is 83.0. The molecular formula is C58H72O33. The Balaban J connectivity index is 1.30. The van der Waals surface area contributed by atoms with E-state index in [2.05, 4.69) is 0 Å². The smallest absolute Gasteiger partial charge is 0.338 e. The van der Waals surface area contributed by atoms with Crippen molar-refractivity contribution in [1.82, 2.24) is 0 Å². The van der Waals surface area contributed by atoms with Gasteiger partial charge in [0.25, 0.3) is 0 Å². The third kappa shape index (κ3) is 16.5. The Bertz CT molecular complexity index is 2930. The van der Waals surface area contributed by atoms with Gasteiger partial charge in [0, 0.05) is 19.1 Å². The lowest BCUT2D eigenvalue weighted by atomic mass is 9.95. The zero-order valence-electron chi connectivity index (χ0n) is 48.3. The number of methoxy groups -OCH3 is 1. The molecule has 3 aromatic carbocycles. The van der Waals surface area contributed by atoms with Gasteiger partial charge >= 0.3 is 23.9 Å². The van der Waals surface area contributed by atoms with Crippen LogP contribution in [0.1, 0.15) is 28.4 Å². The number of hydrogen-bond donors (Lipinski definition) is 15. The third-order valence-electron chi connectivity index (χ3n) is 15.2. The summed E-state index contributed by atoms with van der Waals surface area (Å²) in [6.07, 6.45) is -45.4. The zero-order chi connectivity index (χ0) is 66.0. The normalized spacial score (nSPS) is 36.8. The summed E-state index contributed by atoms with van der Waals surface area (Å²) in [7, 11) is 1.25. The Hall–Kier alpha value is -6.46. The third-order valence-corrected chi connectivity index (χ3v) is 15.2. The predicted octanol–water partition coefficient (Wildman–Crippen LogP) is -5.54. The molecule has 5 saturated heterocycles. The van der Waals surface area contributed by atoms with Crippen LogP contribution in [0.2, 0.25) is 0 Å². The molecule has 3 aromatic rings. The number of carbonyl (C=O) groups is 4. The minimum absolute atomic E-state index is 0.0316. The molecule has 33 nitrogen and oxygen atoms in total. The lowest BCUT2D eigenvalue weighted by Crippen LogP contribution is -2.69. The number of aromatic hydroxyl groups is 2. The lowest BCUT2D eigenvalue weighted by molar-refractivity contribution is -0.422. The number of aliphatic hydroxyl groups excluding tert-OH is 13. The number of phenolic OH excluding ortho intramolecular Hbond substituents is 2. The van der Waals surface area contributed by atoms with Crippen LogP contribution in [-0.4, -0.2) is 294 Å². The van der Waals surface area contributed by atoms with Gasteiger partial charge in [0.1, 0.15) is 123 Å². The van der Waals surface area contributed by atoms with Crippen LogP contribution in [0.3, 0.4) is 0 Å². The van der Waals surface area contributed by atoms with E-state index < -0.39 is 210 Å². The maximum absolute atomic E-state index is 14.3. The number of ether oxygens (including phenoxy) is 14. The molecule has 0 bridgehead atoms. The number of rotatable bonds is 24. The molecular weight excluding hydrogens is 1220 g/mol. The minimum atomic E-state index is -3.06. The van der Waals surface area contributed by atoms with E-state index in [0.29, 0.717) is 5.56 Å². The average Bonchev–Trinajstić information content (AvgIpc) is 1.76. The molecule has 33 heteroatoms. The first-order valence-electron chi connectivity index (χ1n) is 28.2. The van der Waals surface area contributed by atoms with Crippen molar-refractivity contribution in [3.63, 3.8) is 0 Å². The van der Waals surface area contributed by atoms with Gasteiger partial charge < -0.3 is 143 Å². The maximum Gasteiger partial charge on any atom is 0.338 e. The topological polar surface area (TPSA) is 501 Å². The number of esters is 4. The predicted molar refractivity (Wildman–Crippen MR) is 294 cm³/mol. The minimum Gasteiger partial charge on any atom is -0.508 e. The molecule has 502 valence electrons. The second kappa shape index (κ2) is 31.4. The first-order valence-corrected chi connectivity index (χ1v) is 28.2. The summed E-state index contributed by atoms with van der Waals surface area (Å²) in [5.74, 6) is -8.22. The molecule has 0 radical (unpaired) electrons. The van der Waals surface area contributed by atoms with Gasteiger partial charge in [-0.3, -0.25) is 4.79 Å². The van der Waals surface area contributed by atoms with E-state index in [1.54, 1.807) is 6.07 Å². The number of phenols is 2. The number of aliphatic hydroxyl groups is 13. The molecule has 8 rings (SSSR count). The SMILES string of the molecule is COc1cc(/C=C/C(=O)OC2C(CO)OC(OC3OC(CO)C(O)C(O)C3O)C(OC3(COC(=O)/C=C/c4ccc(O)cc4)OC(CO)C(O)C3OC(=O)c3ccccc3)C2OC2OC(COC(C)=O)C(O)C(OC3OC(CO)C(O)C(O)C3O)C2O)ccc1O. The van der Waals surface area contributed by atoms with Crippen LogP contribution in [0.15, 0.2) is 84.9 Å². The van der Waals surface area contributed by atoms with Crippen molar-refractivity contribution in [2.45, 2.75) is 154 Å². The van der Waals surface area contributed by atoms with E-state index in [1.807, 2.05) is 0 Å². The van der Waals surface area contributed by atoms with Gasteiger partial charge in [0.15, 0.2) is 48.9 Å². The van der Waals surface area contributed by atoms with Crippen LogP contribution in [0.5, 0.6) is 17.2 Å². The number of carbonyl (C=O) groups excluding carboxylic acids is 4. The van der Waals surface area contributed by atoms with E-state index in [9.17, 15) is 95.8 Å². The number of hydrogen-bond acceptors (Lipinski definition) is 33. The van der Waals surface area contributed by atoms with Crippen LogP contribution in [0.4, 0.5) is 0 Å². The Morgan fingerprint density at radius 1 is 0.516 bits per heavy atom. The highest BCUT2D eigenvalue weighted by Crippen LogP contribution is 2.43. The Labute approximate surface area is 516 Å². The molecule has 15 N–H and O–H groups in total. The molecule has 0 aliphatic carbocycles. The fraction of sp³-hybridized carbons (Fsp3) is 0.552. The summed E-state index contributed by atoms with van der Waals surface area (Å²) in [6.45, 7) is -5.63. The first kappa shape index (κ1) is 70.4. The van der Waals surface area contributed by atoms with Crippen molar-refractivity contribution in [1.29, 1.82) is 0 Å². The highest BCUT2D eigenvalue weighted by Gasteiger charge is 2.65. The van der Waals surface area contributed by atoms with Crippen LogP contribution in [-0.2, 0) is 76.0 Å². The molecule has 0 aromatic heterocycles. The van der Waals surface area contributed by atoms with E-state index in [4.69, 9.17) is 66.3 Å². The van der Waals surface area contributed by atoms with Gasteiger partial charge in [-0.25, -0.2) is 14.4 Å². The molecule has 0 amide bonds. The summed E-state index contributed by atoms with van der Waals surface area (Å²) in [4.78, 5) is 54.6. The van der Waals surface area contributed by atoms with Crippen molar-refractivity contribution in [3.05, 3.63) is 102 Å². The van der Waals surface area contributed by atoms with Crippen molar-refractivity contribution < 1.29 is 162 Å². The average molecular weight is 1300 g/mol. The zero-order valence-corrected chi connectivity index (χ0v) is 48.3. The fourth-order valence-corrected chi connectivity index (χ4v) is 10.4. The molecule has 5 aliphatic heterocycles. The van der Waals surface area contributed by atoms with E-state index >= 15 is 0 Å². The lowest BCUT2D eigenvalue weighted by Gasteiger charge is -2.51. The van der Waals surface area contributed by atoms with Crippen LogP contribution >= 0.6 is 0 Å². The van der Waals surface area contributed by atoms with Crippen molar-refractivity contribution in [2.75, 3.05) is 46.8 Å². The molecule has 5 aliphatic rings. The molecule has 5 fully saturated rings. The van der Waals surface area contributed by atoms with Gasteiger partial charge in [-0.1, -0.05) is 36.4 Å². The molecule has 91 heavy (non-hydrogen) atoms. The summed E-state index contributed by atoms with van der Waals surface area (Å²) in [5, 5.41) is 164. The van der Waals surface area contributed by atoms with Gasteiger partial charge in [0.05, 0.1) is 39.1 Å². The summed E-state index contributed by atoms with van der Waals surface area (Å²) in [6, 6.07) is 16.4. The number of benzene rings is 3. The molecule has 5 heterocycles. The quantitative estimate of drug-likeness (QED) is 0.0226. The Morgan fingerprint density at radius 2 is 1.07 bits per heavy atom. The Kier molecular flexibility index (Phi) is 24.3. The van der Waals surface area contributed by atoms with E-state index in [0.717, 1.165) is 19.1 Å². The van der Waals surface area contributed by atoms with Gasteiger partial charge in [-0.2, -0.15) is 0 Å². The van der Waals surface area contributed by atoms with Crippen molar-refractivity contribution in [3.8, 4) is 17.2 Å². The van der Waals surface area contributed by atoms with Gasteiger partial charge in [-0.15, -0.1) is 0 Å². The molecule has 0 saturated carbocycles. The standard InChI is InChI=1S/C58H72O33/c1-25(63)79-23-36-41(70)49(86-54-45(74)43(72)39(68)32(19-59)81-54)47(76)56(84-36)87-50-48(85-38(67)17-12-27-10-15-30(65)31(18-27)78-2)35(22-62)83-57(89-55-46(75)44(73)40(69)33(20-60)82-55)51(50)91-58(24-80-37(66)16-11-26-8-13-29(64)14-9-26)52(42(71)34(21-61)90-58)88-53(77)28-6-4-3-5-7-28/h3-18,32-36,39-52,54-57,59-62,64-65,68-76H,19-24H2,1-2H3/b16-11+,17-12+. The summed E-state index contributed by atoms with van der Waals surface area (Å²) >= 11 is 0. The van der Waals surface area contributed by atoms with E-state index in [-0.39, 0.29) is 28.4 Å². The fourth-order valence-electron chi connectivity index (χ4n) is 10.4. The van der Waals surface area contributed by atoms with Crippen LogP contribution < -0.4 is 4.74 Å². The first-order chi connectivity index (χ1) is 43.4. The summed E-state index contributed by atoms with van der Waals surface area (Å²) in [5.41, 5.74) is 0.402. The Morgan fingerprint density at radius 3 is 1.67 bits per heavy atom.